The van der Waals surface area contributed by atoms with Gasteiger partial charge in [-0.25, -0.2) is 9.37 Å². The van der Waals surface area contributed by atoms with Crippen LogP contribution in [-0.4, -0.2) is 17.6 Å². The lowest BCUT2D eigenvalue weighted by molar-refractivity contribution is 0.590. The van der Waals surface area contributed by atoms with E-state index >= 15 is 0 Å². The Kier molecular flexibility index (Phi) is 5.83. The standard InChI is InChI=1S/C12H16ClFN4/c1-2-3-4-9(7-16)17-12-10(14)5-8(6-15)11(13)18-12/h5,9H,2-4,7,16H2,1H3,(H,17,18)/t9-/m1/s1. The molecule has 0 aliphatic rings. The fourth-order valence-electron chi connectivity index (χ4n) is 1.54. The maximum absolute atomic E-state index is 13.7. The molecule has 1 aromatic heterocycles. The van der Waals surface area contributed by atoms with E-state index in [4.69, 9.17) is 22.6 Å². The minimum Gasteiger partial charge on any atom is -0.364 e. The van der Waals surface area contributed by atoms with Crippen LogP contribution in [0.2, 0.25) is 5.15 Å². The minimum absolute atomic E-state index is 0.00679. The van der Waals surface area contributed by atoms with Crippen LogP contribution in [-0.2, 0) is 0 Å². The molecule has 98 valence electrons. The van der Waals surface area contributed by atoms with Crippen LogP contribution < -0.4 is 11.1 Å². The Balaban J connectivity index is 2.83. The second-order valence-corrected chi connectivity index (χ2v) is 4.35. The number of halogens is 2. The summed E-state index contributed by atoms with van der Waals surface area (Å²) in [7, 11) is 0. The summed E-state index contributed by atoms with van der Waals surface area (Å²) in [5.74, 6) is -0.545. The Morgan fingerprint density at radius 2 is 2.39 bits per heavy atom. The first-order chi connectivity index (χ1) is 8.62. The zero-order valence-corrected chi connectivity index (χ0v) is 11.0. The van der Waals surface area contributed by atoms with Crippen molar-refractivity contribution >= 4 is 17.4 Å². The normalized spacial score (nSPS) is 11.9. The third-order valence-electron chi connectivity index (χ3n) is 2.58. The number of rotatable bonds is 6. The number of aromatic nitrogens is 1. The number of nitrogens with two attached hydrogens (primary N) is 1. The van der Waals surface area contributed by atoms with Crippen molar-refractivity contribution < 1.29 is 4.39 Å². The first-order valence-corrected chi connectivity index (χ1v) is 6.22. The number of hydrogen-bond donors (Lipinski definition) is 2. The van der Waals surface area contributed by atoms with E-state index in [2.05, 4.69) is 17.2 Å². The van der Waals surface area contributed by atoms with Gasteiger partial charge in [-0.3, -0.25) is 0 Å². The smallest absolute Gasteiger partial charge is 0.166 e. The zero-order chi connectivity index (χ0) is 13.5. The molecule has 0 amide bonds. The molecule has 0 unspecified atom stereocenters. The van der Waals surface area contributed by atoms with Gasteiger partial charge in [0.25, 0.3) is 0 Å². The van der Waals surface area contributed by atoms with Crippen molar-refractivity contribution in [2.24, 2.45) is 5.73 Å². The molecular formula is C12H16ClFN4. The maximum Gasteiger partial charge on any atom is 0.166 e. The molecule has 4 nitrogen and oxygen atoms in total. The van der Waals surface area contributed by atoms with Gasteiger partial charge in [-0.1, -0.05) is 31.4 Å². The molecule has 18 heavy (non-hydrogen) atoms. The second-order valence-electron chi connectivity index (χ2n) is 3.99. The summed E-state index contributed by atoms with van der Waals surface area (Å²) < 4.78 is 13.7. The van der Waals surface area contributed by atoms with E-state index in [1.54, 1.807) is 6.07 Å². The molecule has 0 aliphatic carbocycles. The van der Waals surface area contributed by atoms with Gasteiger partial charge in [-0.15, -0.1) is 0 Å². The highest BCUT2D eigenvalue weighted by molar-refractivity contribution is 6.30. The van der Waals surface area contributed by atoms with Crippen molar-refractivity contribution in [2.45, 2.75) is 32.2 Å². The largest absolute Gasteiger partial charge is 0.364 e. The van der Waals surface area contributed by atoms with Crippen LogP contribution >= 0.6 is 11.6 Å². The van der Waals surface area contributed by atoms with E-state index in [-0.39, 0.29) is 22.6 Å². The molecule has 1 aromatic rings. The van der Waals surface area contributed by atoms with Gasteiger partial charge in [-0.05, 0) is 12.5 Å². The van der Waals surface area contributed by atoms with E-state index in [9.17, 15) is 4.39 Å². The van der Waals surface area contributed by atoms with Crippen molar-refractivity contribution in [1.29, 1.82) is 5.26 Å². The molecule has 0 aromatic carbocycles. The van der Waals surface area contributed by atoms with Crippen LogP contribution in [0.25, 0.3) is 0 Å². The molecule has 0 saturated carbocycles. The summed E-state index contributed by atoms with van der Waals surface area (Å²) in [6, 6.07) is 2.81. The molecule has 0 aliphatic heterocycles. The minimum atomic E-state index is -0.592. The third-order valence-corrected chi connectivity index (χ3v) is 2.87. The van der Waals surface area contributed by atoms with Crippen molar-refractivity contribution in [3.8, 4) is 6.07 Å². The Labute approximate surface area is 111 Å². The van der Waals surface area contributed by atoms with Crippen molar-refractivity contribution in [3.63, 3.8) is 0 Å². The average molecular weight is 271 g/mol. The Morgan fingerprint density at radius 3 is 2.94 bits per heavy atom. The Hall–Kier alpha value is -1.38. The number of nitrogens with one attached hydrogen (secondary N) is 1. The number of anilines is 1. The van der Waals surface area contributed by atoms with E-state index < -0.39 is 5.82 Å². The highest BCUT2D eigenvalue weighted by Crippen LogP contribution is 2.20. The van der Waals surface area contributed by atoms with Gasteiger partial charge in [0.15, 0.2) is 11.6 Å². The van der Waals surface area contributed by atoms with E-state index in [0.29, 0.717) is 6.54 Å². The summed E-state index contributed by atoms with van der Waals surface area (Å²) in [6.45, 7) is 2.46. The van der Waals surface area contributed by atoms with Crippen LogP contribution in [0.1, 0.15) is 31.7 Å². The molecule has 3 N–H and O–H groups in total. The number of nitriles is 1. The monoisotopic (exact) mass is 270 g/mol. The predicted octanol–water partition coefficient (Wildman–Crippen LogP) is 2.68. The SMILES string of the molecule is CCCC[C@H](CN)Nc1nc(Cl)c(C#N)cc1F. The van der Waals surface area contributed by atoms with Gasteiger partial charge in [0.1, 0.15) is 11.2 Å². The lowest BCUT2D eigenvalue weighted by Crippen LogP contribution is -2.29. The van der Waals surface area contributed by atoms with Gasteiger partial charge in [0, 0.05) is 12.6 Å². The topological polar surface area (TPSA) is 74.7 Å². The second kappa shape index (κ2) is 7.14. The van der Waals surface area contributed by atoms with Gasteiger partial charge in [0.05, 0.1) is 5.56 Å². The van der Waals surface area contributed by atoms with E-state index in [0.717, 1.165) is 25.3 Å². The summed E-state index contributed by atoms with van der Waals surface area (Å²) in [5.41, 5.74) is 5.63. The number of pyridine rings is 1. The molecular weight excluding hydrogens is 255 g/mol. The van der Waals surface area contributed by atoms with E-state index in [1.165, 1.54) is 0 Å². The fraction of sp³-hybridized carbons (Fsp3) is 0.500. The molecule has 0 saturated heterocycles. The summed E-state index contributed by atoms with van der Waals surface area (Å²) in [4.78, 5) is 3.84. The van der Waals surface area contributed by atoms with Crippen LogP contribution in [0.3, 0.4) is 0 Å². The summed E-state index contributed by atoms with van der Waals surface area (Å²) >= 11 is 5.76. The molecule has 6 heteroatoms. The molecule has 0 spiro atoms. The van der Waals surface area contributed by atoms with Gasteiger partial charge >= 0.3 is 0 Å². The van der Waals surface area contributed by atoms with Crippen molar-refractivity contribution in [1.82, 2.24) is 4.98 Å². The average Bonchev–Trinajstić information content (AvgIpc) is 2.37. The lowest BCUT2D eigenvalue weighted by atomic mass is 10.1. The van der Waals surface area contributed by atoms with Crippen molar-refractivity contribution in [2.75, 3.05) is 11.9 Å². The quantitative estimate of drug-likeness (QED) is 0.780. The highest BCUT2D eigenvalue weighted by atomic mass is 35.5. The maximum atomic E-state index is 13.7. The summed E-state index contributed by atoms with van der Waals surface area (Å²) in [6.07, 6.45) is 2.88. The molecule has 0 fully saturated rings. The first-order valence-electron chi connectivity index (χ1n) is 5.85. The van der Waals surface area contributed by atoms with Crippen molar-refractivity contribution in [3.05, 3.63) is 22.6 Å². The highest BCUT2D eigenvalue weighted by Gasteiger charge is 2.13. The summed E-state index contributed by atoms with van der Waals surface area (Å²) in [5, 5.41) is 11.6. The van der Waals surface area contributed by atoms with E-state index in [1.807, 2.05) is 0 Å². The van der Waals surface area contributed by atoms with Crippen LogP contribution in [0.15, 0.2) is 6.07 Å². The van der Waals surface area contributed by atoms with Gasteiger partial charge in [-0.2, -0.15) is 5.26 Å². The number of nitrogens with zero attached hydrogens (tertiary/aromatic N) is 2. The molecule has 0 radical (unpaired) electrons. The molecule has 0 bridgehead atoms. The van der Waals surface area contributed by atoms with Gasteiger partial charge in [0.2, 0.25) is 0 Å². The zero-order valence-electron chi connectivity index (χ0n) is 10.2. The Morgan fingerprint density at radius 1 is 1.67 bits per heavy atom. The van der Waals surface area contributed by atoms with Crippen LogP contribution in [0, 0.1) is 17.1 Å². The lowest BCUT2D eigenvalue weighted by Gasteiger charge is -2.17. The number of hydrogen-bond acceptors (Lipinski definition) is 4. The third kappa shape index (κ3) is 3.83. The number of unbranched alkanes of at least 4 members (excludes halogenated alkanes) is 1. The Bertz CT molecular complexity index is 444. The van der Waals surface area contributed by atoms with Crippen LogP contribution in [0.5, 0.6) is 0 Å². The molecule has 1 rings (SSSR count). The molecule has 1 heterocycles. The fourth-order valence-corrected chi connectivity index (χ4v) is 1.72. The van der Waals surface area contributed by atoms with Gasteiger partial charge < -0.3 is 11.1 Å². The van der Waals surface area contributed by atoms with Crippen LogP contribution in [0.4, 0.5) is 10.2 Å². The molecule has 1 atom stereocenters. The first kappa shape index (κ1) is 14.7. The predicted molar refractivity (Wildman–Crippen MR) is 69.9 cm³/mol.